The Morgan fingerprint density at radius 1 is 1.46 bits per heavy atom. The van der Waals surface area contributed by atoms with Crippen molar-refractivity contribution in [3.05, 3.63) is 35.9 Å². The van der Waals surface area contributed by atoms with Crippen LogP contribution >= 0.6 is 0 Å². The Labute approximate surface area is 149 Å². The highest BCUT2D eigenvalue weighted by Crippen LogP contribution is 2.32. The van der Waals surface area contributed by atoms with E-state index in [0.717, 1.165) is 0 Å². The normalized spacial score (nSPS) is 19.9. The average Bonchev–Trinajstić information content (AvgIpc) is 3.09. The van der Waals surface area contributed by atoms with E-state index >= 15 is 0 Å². The number of hydrogen-bond donors (Lipinski definition) is 2. The van der Waals surface area contributed by atoms with Crippen molar-refractivity contribution >= 4 is 23.5 Å². The first-order valence-corrected chi connectivity index (χ1v) is 7.73. The van der Waals surface area contributed by atoms with Crippen molar-refractivity contribution in [3.8, 4) is 5.88 Å². The molecule has 26 heavy (non-hydrogen) atoms. The van der Waals surface area contributed by atoms with Gasteiger partial charge in [0.15, 0.2) is 5.96 Å². The van der Waals surface area contributed by atoms with E-state index in [9.17, 15) is 9.59 Å². The molecular formula is C16H18N6O4. The first-order valence-electron chi connectivity index (χ1n) is 7.73. The maximum absolute atomic E-state index is 12.2. The number of rotatable bonds is 4. The third-order valence-corrected chi connectivity index (χ3v) is 4.07. The second kappa shape index (κ2) is 6.47. The fourth-order valence-corrected chi connectivity index (χ4v) is 2.51. The number of amides is 2. The molecule has 0 aliphatic carbocycles. The van der Waals surface area contributed by atoms with Crippen LogP contribution in [0.25, 0.3) is 0 Å². The van der Waals surface area contributed by atoms with Crippen molar-refractivity contribution in [1.82, 2.24) is 15.0 Å². The summed E-state index contributed by atoms with van der Waals surface area (Å²) < 4.78 is 9.78. The predicted molar refractivity (Wildman–Crippen MR) is 91.6 cm³/mol. The molecule has 2 aromatic heterocycles. The standard InChI is InChI=1S/C16H18N6O4/c1-16(8-13(23)22(2)15(17)20-16)11-6-9(4-5-18-11)19-14(24)10-7-12(25-3)21-26-10/h4-7H,8H2,1-3H3,(H2,17,20)(H,18,19,24). The molecule has 0 saturated carbocycles. The fraction of sp³-hybridized carbons (Fsp3) is 0.312. The highest BCUT2D eigenvalue weighted by molar-refractivity contribution is 6.02. The van der Waals surface area contributed by atoms with E-state index in [-0.39, 0.29) is 29.9 Å². The van der Waals surface area contributed by atoms with Crippen LogP contribution in [0.5, 0.6) is 5.88 Å². The molecule has 1 aliphatic heterocycles. The number of ether oxygens (including phenoxy) is 1. The Balaban J connectivity index is 1.84. The Morgan fingerprint density at radius 2 is 2.23 bits per heavy atom. The molecule has 0 bridgehead atoms. The first kappa shape index (κ1) is 17.4. The molecule has 1 atom stereocenters. The van der Waals surface area contributed by atoms with Crippen molar-refractivity contribution in [2.24, 2.45) is 10.7 Å². The molecule has 0 fully saturated rings. The SMILES string of the molecule is COc1cc(C(=O)Nc2ccnc(C3(C)CC(=O)N(C)C(N)=N3)c2)on1. The Kier molecular flexibility index (Phi) is 4.33. The summed E-state index contributed by atoms with van der Waals surface area (Å²) in [5, 5.41) is 6.26. The van der Waals surface area contributed by atoms with E-state index in [2.05, 4.69) is 20.4 Å². The first-order chi connectivity index (χ1) is 12.3. The smallest absolute Gasteiger partial charge is 0.294 e. The second-order valence-corrected chi connectivity index (χ2v) is 5.99. The van der Waals surface area contributed by atoms with Gasteiger partial charge in [0.2, 0.25) is 11.7 Å². The number of anilines is 1. The van der Waals surface area contributed by atoms with Crippen molar-refractivity contribution in [1.29, 1.82) is 0 Å². The summed E-state index contributed by atoms with van der Waals surface area (Å²) in [7, 11) is 2.99. The van der Waals surface area contributed by atoms with Crippen LogP contribution in [0.1, 0.15) is 29.6 Å². The minimum Gasteiger partial charge on any atom is -0.479 e. The zero-order valence-corrected chi connectivity index (χ0v) is 14.5. The lowest BCUT2D eigenvalue weighted by Crippen LogP contribution is -2.47. The van der Waals surface area contributed by atoms with Crippen LogP contribution in [0.15, 0.2) is 33.9 Å². The molecule has 3 heterocycles. The largest absolute Gasteiger partial charge is 0.479 e. The van der Waals surface area contributed by atoms with Gasteiger partial charge in [-0.3, -0.25) is 19.5 Å². The second-order valence-electron chi connectivity index (χ2n) is 5.99. The van der Waals surface area contributed by atoms with Crippen LogP contribution in [0.3, 0.4) is 0 Å². The van der Waals surface area contributed by atoms with E-state index in [1.807, 2.05) is 0 Å². The fourth-order valence-electron chi connectivity index (χ4n) is 2.51. The molecule has 10 nitrogen and oxygen atoms in total. The van der Waals surface area contributed by atoms with Gasteiger partial charge < -0.3 is 20.3 Å². The van der Waals surface area contributed by atoms with Gasteiger partial charge in [-0.2, -0.15) is 0 Å². The summed E-state index contributed by atoms with van der Waals surface area (Å²) in [5.74, 6) is -0.333. The molecule has 0 radical (unpaired) electrons. The molecule has 0 spiro atoms. The molecule has 2 aromatic rings. The monoisotopic (exact) mass is 358 g/mol. The number of methoxy groups -OCH3 is 1. The molecule has 1 unspecified atom stereocenters. The van der Waals surface area contributed by atoms with Gasteiger partial charge in [0.25, 0.3) is 11.8 Å². The number of nitrogens with two attached hydrogens (primary N) is 1. The molecule has 0 saturated heterocycles. The zero-order valence-electron chi connectivity index (χ0n) is 14.5. The number of carbonyl (C=O) groups excluding carboxylic acids is 2. The minimum atomic E-state index is -0.913. The van der Waals surface area contributed by atoms with Gasteiger partial charge in [0.05, 0.1) is 25.3 Å². The van der Waals surface area contributed by atoms with E-state index in [1.54, 1.807) is 26.1 Å². The average molecular weight is 358 g/mol. The maximum Gasteiger partial charge on any atom is 0.294 e. The molecule has 1 aliphatic rings. The van der Waals surface area contributed by atoms with Crippen LogP contribution in [0, 0.1) is 0 Å². The minimum absolute atomic E-state index is 0.00292. The summed E-state index contributed by atoms with van der Waals surface area (Å²) in [6, 6.07) is 4.63. The quantitative estimate of drug-likeness (QED) is 0.822. The van der Waals surface area contributed by atoms with E-state index in [0.29, 0.717) is 11.4 Å². The topological polar surface area (TPSA) is 136 Å². The van der Waals surface area contributed by atoms with E-state index < -0.39 is 11.4 Å². The van der Waals surface area contributed by atoms with Gasteiger partial charge in [-0.25, -0.2) is 4.99 Å². The van der Waals surface area contributed by atoms with Crippen LogP contribution in [0.4, 0.5) is 5.69 Å². The number of hydrogen-bond acceptors (Lipinski definition) is 8. The molecule has 3 N–H and O–H groups in total. The Bertz CT molecular complexity index is 892. The number of guanidine groups is 1. The van der Waals surface area contributed by atoms with Gasteiger partial charge >= 0.3 is 0 Å². The number of aromatic nitrogens is 2. The molecular weight excluding hydrogens is 340 g/mol. The summed E-state index contributed by atoms with van der Waals surface area (Å²) >= 11 is 0. The highest BCUT2D eigenvalue weighted by atomic mass is 16.5. The van der Waals surface area contributed by atoms with Gasteiger partial charge in [0, 0.05) is 18.9 Å². The summed E-state index contributed by atoms with van der Waals surface area (Å²) in [6.07, 6.45) is 1.64. The lowest BCUT2D eigenvalue weighted by Gasteiger charge is -2.32. The zero-order chi connectivity index (χ0) is 18.9. The van der Waals surface area contributed by atoms with Crippen molar-refractivity contribution in [3.63, 3.8) is 0 Å². The summed E-state index contributed by atoms with van der Waals surface area (Å²) in [6.45, 7) is 1.76. The highest BCUT2D eigenvalue weighted by Gasteiger charge is 2.37. The van der Waals surface area contributed by atoms with Crippen LogP contribution in [-0.2, 0) is 10.3 Å². The van der Waals surface area contributed by atoms with E-state index in [1.165, 1.54) is 24.3 Å². The predicted octanol–water partition coefficient (Wildman–Crippen LogP) is 0.722. The van der Waals surface area contributed by atoms with Gasteiger partial charge in [0.1, 0.15) is 5.54 Å². The number of carbonyl (C=O) groups is 2. The lowest BCUT2D eigenvalue weighted by molar-refractivity contribution is -0.128. The van der Waals surface area contributed by atoms with Crippen LogP contribution < -0.4 is 15.8 Å². The maximum atomic E-state index is 12.2. The molecule has 0 aromatic carbocycles. The van der Waals surface area contributed by atoms with Crippen LogP contribution in [-0.4, -0.2) is 47.0 Å². The Hall–Kier alpha value is -3.43. The summed E-state index contributed by atoms with van der Waals surface area (Å²) in [5.41, 5.74) is 5.88. The number of aliphatic imine (C=N–C) groups is 1. The Morgan fingerprint density at radius 3 is 2.88 bits per heavy atom. The lowest BCUT2D eigenvalue weighted by atomic mass is 9.91. The summed E-state index contributed by atoms with van der Waals surface area (Å²) in [4.78, 5) is 34.3. The number of nitrogens with zero attached hydrogens (tertiary/aromatic N) is 4. The molecule has 136 valence electrons. The molecule has 10 heteroatoms. The van der Waals surface area contributed by atoms with Crippen molar-refractivity contribution < 1.29 is 18.8 Å². The van der Waals surface area contributed by atoms with Gasteiger partial charge in [-0.05, 0) is 24.2 Å². The van der Waals surface area contributed by atoms with Gasteiger partial charge in [-0.1, -0.05) is 0 Å². The molecule has 3 rings (SSSR count). The van der Waals surface area contributed by atoms with E-state index in [4.69, 9.17) is 15.0 Å². The van der Waals surface area contributed by atoms with Gasteiger partial charge in [-0.15, -0.1) is 0 Å². The van der Waals surface area contributed by atoms with Crippen LogP contribution in [0.2, 0.25) is 0 Å². The van der Waals surface area contributed by atoms with Crippen molar-refractivity contribution in [2.75, 3.05) is 19.5 Å². The third kappa shape index (κ3) is 3.21. The molecule has 2 amide bonds. The third-order valence-electron chi connectivity index (χ3n) is 4.07. The number of nitrogens with one attached hydrogen (secondary N) is 1. The van der Waals surface area contributed by atoms with Crippen molar-refractivity contribution in [2.45, 2.75) is 18.9 Å². The number of pyridine rings is 1.